The van der Waals surface area contributed by atoms with E-state index < -0.39 is 24.5 Å². The lowest BCUT2D eigenvalue weighted by Gasteiger charge is -2.33. The molecule has 38 heavy (non-hydrogen) atoms. The minimum atomic E-state index is -1.79. The molecule has 3 N–H and O–H groups in total. The molecule has 0 spiro atoms. The molecule has 10 nitrogen and oxygen atoms in total. The fourth-order valence-corrected chi connectivity index (χ4v) is 5.47. The van der Waals surface area contributed by atoms with E-state index in [0.717, 1.165) is 41.3 Å². The Balaban J connectivity index is 0.000000323. The summed E-state index contributed by atoms with van der Waals surface area (Å²) in [6.45, 7) is 2.17. The summed E-state index contributed by atoms with van der Waals surface area (Å²) in [5.74, 6) is 0.184. The molecule has 0 aromatic heterocycles. The average molecular weight is 528 g/mol. The van der Waals surface area contributed by atoms with Gasteiger partial charge in [-0.25, -0.2) is 4.79 Å². The third-order valence-corrected chi connectivity index (χ3v) is 7.31. The van der Waals surface area contributed by atoms with E-state index in [9.17, 15) is 9.59 Å². The van der Waals surface area contributed by atoms with E-state index in [1.54, 1.807) is 28.4 Å². The van der Waals surface area contributed by atoms with Crippen molar-refractivity contribution in [2.75, 3.05) is 35.0 Å². The molecular weight excluding hydrogens is 494 g/mol. The summed E-state index contributed by atoms with van der Waals surface area (Å²) >= 11 is 0. The van der Waals surface area contributed by atoms with Crippen molar-refractivity contribution in [2.24, 2.45) is 0 Å². The van der Waals surface area contributed by atoms with Gasteiger partial charge < -0.3 is 34.3 Å². The number of benzene rings is 3. The topological polar surface area (TPSA) is 135 Å². The lowest BCUT2D eigenvalue weighted by atomic mass is 9.85. The summed E-state index contributed by atoms with van der Waals surface area (Å²) in [6, 6.07) is 9.12. The summed E-state index contributed by atoms with van der Waals surface area (Å²) in [7, 11) is 6.76. The zero-order chi connectivity index (χ0) is 27.6. The van der Waals surface area contributed by atoms with Gasteiger partial charge in [0.25, 0.3) is 0 Å². The van der Waals surface area contributed by atoms with E-state index in [1.165, 1.54) is 46.7 Å². The van der Waals surface area contributed by atoms with E-state index in [0.29, 0.717) is 6.04 Å². The first kappa shape index (κ1) is 27.3. The highest BCUT2D eigenvalue weighted by Gasteiger charge is 2.33. The zero-order valence-corrected chi connectivity index (χ0v) is 21.9. The second kappa shape index (κ2) is 11.3. The number of aliphatic hydroxyl groups is 1. The van der Waals surface area contributed by atoms with Crippen molar-refractivity contribution < 1.29 is 43.9 Å². The second-order valence-corrected chi connectivity index (χ2v) is 9.39. The van der Waals surface area contributed by atoms with Gasteiger partial charge in [0.15, 0.2) is 29.1 Å². The summed E-state index contributed by atoms with van der Waals surface area (Å²) in [5, 5.41) is 29.0. The Kier molecular flexibility index (Phi) is 8.13. The number of nitrogens with zero attached hydrogens (tertiary/aromatic N) is 1. The van der Waals surface area contributed by atoms with Crippen LogP contribution in [-0.2, 0) is 22.6 Å². The van der Waals surface area contributed by atoms with Crippen LogP contribution in [0.5, 0.6) is 23.0 Å². The van der Waals surface area contributed by atoms with Crippen LogP contribution < -0.4 is 18.9 Å². The van der Waals surface area contributed by atoms with Gasteiger partial charge in [0.1, 0.15) is 0 Å². The van der Waals surface area contributed by atoms with Gasteiger partial charge in [-0.3, -0.25) is 9.69 Å². The van der Waals surface area contributed by atoms with Crippen LogP contribution in [-0.4, -0.2) is 79.3 Å². The Morgan fingerprint density at radius 1 is 0.842 bits per heavy atom. The molecule has 1 saturated heterocycles. The number of hydrogen-bond acceptors (Lipinski definition) is 8. The fraction of sp³-hybridized carbons (Fsp3) is 0.429. The van der Waals surface area contributed by atoms with Crippen molar-refractivity contribution in [1.29, 1.82) is 0 Å². The summed E-state index contributed by atoms with van der Waals surface area (Å²) < 4.78 is 22.5. The van der Waals surface area contributed by atoms with Gasteiger partial charge >= 0.3 is 11.9 Å². The molecule has 1 fully saturated rings. The van der Waals surface area contributed by atoms with E-state index >= 15 is 0 Å². The summed E-state index contributed by atoms with van der Waals surface area (Å²) in [6.07, 6.45) is 1.09. The van der Waals surface area contributed by atoms with Crippen LogP contribution in [0.15, 0.2) is 24.3 Å². The van der Waals surface area contributed by atoms with Crippen molar-refractivity contribution in [3.8, 4) is 23.0 Å². The van der Waals surface area contributed by atoms with Crippen molar-refractivity contribution in [2.45, 2.75) is 44.4 Å². The highest BCUT2D eigenvalue weighted by molar-refractivity contribution is 6.13. The molecule has 0 saturated carbocycles. The molecule has 3 aromatic carbocycles. The van der Waals surface area contributed by atoms with Gasteiger partial charge in [-0.1, -0.05) is 0 Å². The minimum Gasteiger partial charge on any atom is -0.493 e. The van der Waals surface area contributed by atoms with Crippen molar-refractivity contribution in [3.05, 3.63) is 35.4 Å². The predicted octanol–water partition coefficient (Wildman–Crippen LogP) is 3.45. The molecule has 2 heterocycles. The van der Waals surface area contributed by atoms with E-state index in [2.05, 4.69) is 29.2 Å². The Morgan fingerprint density at radius 2 is 1.32 bits per heavy atom. The largest absolute Gasteiger partial charge is 0.493 e. The standard InChI is InChI=1S/C24H27NO4.C4H6O5/c1-26-21-9-16-15-8-14-6-5-7-25(14)13-20(15)19-12-24(29-4)23(28-3)11-18(19)17(16)10-22(21)27-2;5-2(4(8)9)1-3(6)7/h9-12,14H,5-8,13H2,1-4H3;2,5H,1H2,(H,6,7)(H,8,9)/t14-;2-/m01/s1. The molecular formula is C28H33NO9. The molecule has 2 aliphatic rings. The molecule has 0 radical (unpaired) electrons. The van der Waals surface area contributed by atoms with Crippen LogP contribution in [0.25, 0.3) is 21.5 Å². The predicted molar refractivity (Wildman–Crippen MR) is 141 cm³/mol. The van der Waals surface area contributed by atoms with E-state index in [-0.39, 0.29) is 0 Å². The number of methoxy groups -OCH3 is 4. The van der Waals surface area contributed by atoms with Crippen molar-refractivity contribution >= 4 is 33.5 Å². The first-order valence-electron chi connectivity index (χ1n) is 12.3. The number of ether oxygens (including phenoxy) is 4. The number of carbonyl (C=O) groups is 2. The molecule has 0 unspecified atom stereocenters. The number of aliphatic hydroxyl groups excluding tert-OH is 1. The van der Waals surface area contributed by atoms with Crippen molar-refractivity contribution in [1.82, 2.24) is 4.90 Å². The van der Waals surface area contributed by atoms with Gasteiger partial charge in [-0.2, -0.15) is 0 Å². The highest BCUT2D eigenvalue weighted by Crippen LogP contribution is 2.46. The fourth-order valence-electron chi connectivity index (χ4n) is 5.47. The highest BCUT2D eigenvalue weighted by atomic mass is 16.5. The quantitative estimate of drug-likeness (QED) is 0.392. The van der Waals surface area contributed by atoms with Gasteiger partial charge in [0, 0.05) is 12.6 Å². The van der Waals surface area contributed by atoms with Crippen LogP contribution in [0.4, 0.5) is 0 Å². The molecule has 10 heteroatoms. The molecule has 0 amide bonds. The first-order valence-corrected chi connectivity index (χ1v) is 12.3. The molecule has 2 aliphatic heterocycles. The number of hydrogen-bond donors (Lipinski definition) is 3. The molecule has 0 bridgehead atoms. The summed E-state index contributed by atoms with van der Waals surface area (Å²) in [4.78, 5) is 22.0. The van der Waals surface area contributed by atoms with Crippen LogP contribution in [0, 0.1) is 0 Å². The second-order valence-electron chi connectivity index (χ2n) is 9.39. The number of fused-ring (bicyclic) bond motifs is 7. The lowest BCUT2D eigenvalue weighted by Crippen LogP contribution is -2.35. The maximum atomic E-state index is 9.72. The third kappa shape index (κ3) is 5.14. The van der Waals surface area contributed by atoms with Crippen LogP contribution in [0.2, 0.25) is 0 Å². The monoisotopic (exact) mass is 527 g/mol. The lowest BCUT2D eigenvalue weighted by molar-refractivity contribution is -0.152. The Bertz CT molecular complexity index is 1280. The molecule has 204 valence electrons. The van der Waals surface area contributed by atoms with Crippen molar-refractivity contribution in [3.63, 3.8) is 0 Å². The van der Waals surface area contributed by atoms with Crippen LogP contribution in [0.1, 0.15) is 30.4 Å². The third-order valence-electron chi connectivity index (χ3n) is 7.31. The van der Waals surface area contributed by atoms with Gasteiger partial charge in [0.2, 0.25) is 0 Å². The Hall–Kier alpha value is -3.76. The number of carboxylic acids is 2. The van der Waals surface area contributed by atoms with Gasteiger partial charge in [-0.15, -0.1) is 0 Å². The van der Waals surface area contributed by atoms with Crippen LogP contribution in [0.3, 0.4) is 0 Å². The number of carboxylic acid groups (broad SMARTS) is 2. The molecule has 2 atom stereocenters. The minimum absolute atomic E-state index is 0.636. The Labute approximate surface area is 220 Å². The smallest absolute Gasteiger partial charge is 0.333 e. The summed E-state index contributed by atoms with van der Waals surface area (Å²) in [5.41, 5.74) is 2.84. The van der Waals surface area contributed by atoms with E-state index in [4.69, 9.17) is 34.3 Å². The zero-order valence-electron chi connectivity index (χ0n) is 21.9. The number of rotatable bonds is 7. The van der Waals surface area contributed by atoms with Gasteiger partial charge in [0.05, 0.1) is 34.9 Å². The first-order chi connectivity index (χ1) is 18.2. The molecule has 0 aliphatic carbocycles. The van der Waals surface area contributed by atoms with Crippen LogP contribution >= 0.6 is 0 Å². The molecule has 3 aromatic rings. The maximum Gasteiger partial charge on any atom is 0.333 e. The maximum absolute atomic E-state index is 9.72. The SMILES string of the molecule is COc1cc2c3c(c4cc(OC)c(OC)cc4c2cc1OC)CN1CCC[C@H]1C3.O=C(O)C[C@@H](O)C(=O)O. The van der Waals surface area contributed by atoms with Gasteiger partial charge in [-0.05, 0) is 82.7 Å². The van der Waals surface area contributed by atoms with E-state index in [1.807, 2.05) is 0 Å². The number of aliphatic carboxylic acids is 2. The molecule has 5 rings (SSSR count). The normalized spacial score (nSPS) is 17.1. The Morgan fingerprint density at radius 3 is 1.74 bits per heavy atom. The average Bonchev–Trinajstić information content (AvgIpc) is 3.38.